The number of rotatable bonds is 4. The van der Waals surface area contributed by atoms with Gasteiger partial charge in [-0.1, -0.05) is 37.3 Å². The summed E-state index contributed by atoms with van der Waals surface area (Å²) in [6.07, 6.45) is 3.06. The summed E-state index contributed by atoms with van der Waals surface area (Å²) >= 11 is 0. The minimum absolute atomic E-state index is 0.0785. The molecule has 1 aromatic carbocycles. The smallest absolute Gasteiger partial charge is 0.0574 e. The Bertz CT molecular complexity index is 281. The minimum atomic E-state index is -0.0785. The molecule has 1 aliphatic carbocycles. The van der Waals surface area contributed by atoms with Crippen LogP contribution in [0, 0.1) is 11.8 Å². The summed E-state index contributed by atoms with van der Waals surface area (Å²) in [7, 11) is 0. The van der Waals surface area contributed by atoms with E-state index in [2.05, 4.69) is 31.2 Å². The predicted octanol–water partition coefficient (Wildman–Crippen LogP) is 2.64. The van der Waals surface area contributed by atoms with Crippen molar-refractivity contribution < 1.29 is 5.11 Å². The highest BCUT2D eigenvalue weighted by Crippen LogP contribution is 2.41. The first-order valence-corrected chi connectivity index (χ1v) is 5.49. The molecule has 0 aromatic heterocycles. The van der Waals surface area contributed by atoms with Crippen molar-refractivity contribution in [1.82, 2.24) is 0 Å². The van der Waals surface area contributed by atoms with Crippen molar-refractivity contribution in [3.63, 3.8) is 0 Å². The van der Waals surface area contributed by atoms with Crippen molar-refractivity contribution in [2.75, 3.05) is 0 Å². The van der Waals surface area contributed by atoms with Crippen LogP contribution in [0.15, 0.2) is 30.3 Å². The molecule has 0 radical (unpaired) electrons. The summed E-state index contributed by atoms with van der Waals surface area (Å²) in [5, 5.41) is 9.82. The van der Waals surface area contributed by atoms with Crippen molar-refractivity contribution in [2.45, 2.75) is 32.3 Å². The maximum atomic E-state index is 9.82. The van der Waals surface area contributed by atoms with Crippen molar-refractivity contribution in [2.24, 2.45) is 11.8 Å². The normalized spacial score (nSPS) is 27.3. The van der Waals surface area contributed by atoms with Gasteiger partial charge in [0.05, 0.1) is 6.10 Å². The molecule has 1 aromatic rings. The van der Waals surface area contributed by atoms with Gasteiger partial charge in [-0.25, -0.2) is 0 Å². The molecule has 0 unspecified atom stereocenters. The van der Waals surface area contributed by atoms with Gasteiger partial charge in [0, 0.05) is 0 Å². The number of hydrogen-bond donors (Lipinski definition) is 1. The van der Waals surface area contributed by atoms with E-state index >= 15 is 0 Å². The molecule has 2 rings (SSSR count). The maximum absolute atomic E-state index is 9.82. The number of aryl methyl sites for hydroxylation is 1. The van der Waals surface area contributed by atoms with Crippen LogP contribution in [0.1, 0.15) is 25.3 Å². The second kappa shape index (κ2) is 4.14. The SMILES string of the molecule is C[C@@H]1C[C@H]1[C@H](O)CCc1ccccc1. The molecule has 1 fully saturated rings. The summed E-state index contributed by atoms with van der Waals surface area (Å²) in [5.74, 6) is 1.33. The Labute approximate surface area is 85.8 Å². The predicted molar refractivity (Wildman–Crippen MR) is 58.0 cm³/mol. The van der Waals surface area contributed by atoms with Crippen molar-refractivity contribution in [3.8, 4) is 0 Å². The molecule has 14 heavy (non-hydrogen) atoms. The molecule has 0 saturated heterocycles. The zero-order valence-electron chi connectivity index (χ0n) is 8.69. The zero-order chi connectivity index (χ0) is 9.97. The number of hydrogen-bond acceptors (Lipinski definition) is 1. The molecule has 0 amide bonds. The molecule has 1 saturated carbocycles. The van der Waals surface area contributed by atoms with Gasteiger partial charge in [-0.2, -0.15) is 0 Å². The first-order valence-electron chi connectivity index (χ1n) is 5.49. The Morgan fingerprint density at radius 1 is 1.36 bits per heavy atom. The number of benzene rings is 1. The van der Waals surface area contributed by atoms with Crippen molar-refractivity contribution >= 4 is 0 Å². The van der Waals surface area contributed by atoms with E-state index in [4.69, 9.17) is 0 Å². The zero-order valence-corrected chi connectivity index (χ0v) is 8.69. The van der Waals surface area contributed by atoms with E-state index in [0.29, 0.717) is 5.92 Å². The average Bonchev–Trinajstić information content (AvgIpc) is 2.94. The van der Waals surface area contributed by atoms with Gasteiger partial charge < -0.3 is 5.11 Å². The van der Waals surface area contributed by atoms with Crippen LogP contribution in [0.25, 0.3) is 0 Å². The highest BCUT2D eigenvalue weighted by atomic mass is 16.3. The lowest BCUT2D eigenvalue weighted by atomic mass is 10.0. The molecule has 76 valence electrons. The van der Waals surface area contributed by atoms with E-state index in [-0.39, 0.29) is 6.10 Å². The Balaban J connectivity index is 1.77. The molecule has 3 atom stereocenters. The second-order valence-electron chi connectivity index (χ2n) is 4.47. The summed E-state index contributed by atoms with van der Waals surface area (Å²) in [5.41, 5.74) is 1.33. The van der Waals surface area contributed by atoms with Crippen molar-refractivity contribution in [1.29, 1.82) is 0 Å². The van der Waals surface area contributed by atoms with Crippen LogP contribution >= 0.6 is 0 Å². The van der Waals surface area contributed by atoms with E-state index in [1.807, 2.05) is 6.07 Å². The molecule has 0 spiro atoms. The standard InChI is InChI=1S/C13H18O/c1-10-9-12(10)13(14)8-7-11-5-3-2-4-6-11/h2-6,10,12-14H,7-9H2,1H3/t10-,12-,13-/m1/s1. The Kier molecular flexibility index (Phi) is 2.87. The molecule has 0 heterocycles. The number of aliphatic hydroxyl groups is 1. The summed E-state index contributed by atoms with van der Waals surface area (Å²) in [6.45, 7) is 2.22. The summed E-state index contributed by atoms with van der Waals surface area (Å²) in [4.78, 5) is 0. The lowest BCUT2D eigenvalue weighted by Gasteiger charge is -2.09. The largest absolute Gasteiger partial charge is 0.393 e. The van der Waals surface area contributed by atoms with Crippen molar-refractivity contribution in [3.05, 3.63) is 35.9 Å². The third-order valence-electron chi connectivity index (χ3n) is 3.24. The van der Waals surface area contributed by atoms with Gasteiger partial charge in [0.2, 0.25) is 0 Å². The van der Waals surface area contributed by atoms with Gasteiger partial charge in [-0.05, 0) is 36.7 Å². The second-order valence-corrected chi connectivity index (χ2v) is 4.47. The molecule has 1 nitrogen and oxygen atoms in total. The minimum Gasteiger partial charge on any atom is -0.393 e. The van der Waals surface area contributed by atoms with Gasteiger partial charge in [0.1, 0.15) is 0 Å². The summed E-state index contributed by atoms with van der Waals surface area (Å²) in [6, 6.07) is 10.4. The molecular weight excluding hydrogens is 172 g/mol. The molecule has 1 heteroatoms. The highest BCUT2D eigenvalue weighted by Gasteiger charge is 2.38. The topological polar surface area (TPSA) is 20.2 Å². The lowest BCUT2D eigenvalue weighted by Crippen LogP contribution is -2.11. The fourth-order valence-electron chi connectivity index (χ4n) is 2.06. The van der Waals surface area contributed by atoms with Gasteiger partial charge in [0.25, 0.3) is 0 Å². The van der Waals surface area contributed by atoms with Gasteiger partial charge in [-0.3, -0.25) is 0 Å². The maximum Gasteiger partial charge on any atom is 0.0574 e. The van der Waals surface area contributed by atoms with Gasteiger partial charge >= 0.3 is 0 Å². The highest BCUT2D eigenvalue weighted by molar-refractivity contribution is 5.14. The Hall–Kier alpha value is -0.820. The van der Waals surface area contributed by atoms with Crippen LogP contribution in [-0.4, -0.2) is 11.2 Å². The lowest BCUT2D eigenvalue weighted by molar-refractivity contribution is 0.136. The first kappa shape index (κ1) is 9.72. The number of aliphatic hydroxyl groups excluding tert-OH is 1. The first-order chi connectivity index (χ1) is 6.77. The molecular formula is C13H18O. The average molecular weight is 190 g/mol. The van der Waals surface area contributed by atoms with Crippen LogP contribution in [0.4, 0.5) is 0 Å². The van der Waals surface area contributed by atoms with Crippen LogP contribution in [0.2, 0.25) is 0 Å². The third kappa shape index (κ3) is 2.36. The molecule has 1 aliphatic rings. The van der Waals surface area contributed by atoms with Crippen LogP contribution < -0.4 is 0 Å². The van der Waals surface area contributed by atoms with Crippen LogP contribution in [-0.2, 0) is 6.42 Å². The van der Waals surface area contributed by atoms with Gasteiger partial charge in [0.15, 0.2) is 0 Å². The molecule has 0 bridgehead atoms. The monoisotopic (exact) mass is 190 g/mol. The van der Waals surface area contributed by atoms with E-state index < -0.39 is 0 Å². The third-order valence-corrected chi connectivity index (χ3v) is 3.24. The van der Waals surface area contributed by atoms with E-state index in [1.165, 1.54) is 12.0 Å². The molecule has 1 N–H and O–H groups in total. The van der Waals surface area contributed by atoms with E-state index in [9.17, 15) is 5.11 Å². The van der Waals surface area contributed by atoms with E-state index in [1.54, 1.807) is 0 Å². The Morgan fingerprint density at radius 3 is 2.57 bits per heavy atom. The fraction of sp³-hybridized carbons (Fsp3) is 0.538. The summed E-state index contributed by atoms with van der Waals surface area (Å²) < 4.78 is 0. The Morgan fingerprint density at radius 2 is 2.00 bits per heavy atom. The van der Waals surface area contributed by atoms with Crippen LogP contribution in [0.5, 0.6) is 0 Å². The quantitative estimate of drug-likeness (QED) is 0.774. The van der Waals surface area contributed by atoms with Crippen LogP contribution in [0.3, 0.4) is 0 Å². The fourth-order valence-corrected chi connectivity index (χ4v) is 2.06. The van der Waals surface area contributed by atoms with Gasteiger partial charge in [-0.15, -0.1) is 0 Å². The molecule has 0 aliphatic heterocycles. The van der Waals surface area contributed by atoms with E-state index in [0.717, 1.165) is 18.8 Å².